The molecule has 0 aromatic rings. The van der Waals surface area contributed by atoms with E-state index in [1.165, 1.54) is 0 Å². The molecule has 0 saturated heterocycles. The fraction of sp³-hybridized carbons (Fsp3) is 0.500. The summed E-state index contributed by atoms with van der Waals surface area (Å²) >= 11 is 0. The van der Waals surface area contributed by atoms with E-state index in [0.29, 0.717) is 12.8 Å². The summed E-state index contributed by atoms with van der Waals surface area (Å²) in [5.41, 5.74) is 0. The topological polar surface area (TPSA) is 35.5 Å². The zero-order chi connectivity index (χ0) is 7.82. The first kappa shape index (κ1) is 9.39. The summed E-state index contributed by atoms with van der Waals surface area (Å²) in [6, 6.07) is 0. The van der Waals surface area contributed by atoms with Crippen molar-refractivity contribution in [2.45, 2.75) is 6.92 Å². The molecule has 0 spiro atoms. The third kappa shape index (κ3) is 5.52. The van der Waals surface area contributed by atoms with E-state index >= 15 is 0 Å². The fourth-order valence-electron chi connectivity index (χ4n) is 0.303. The van der Waals surface area contributed by atoms with Crippen molar-refractivity contribution in [1.82, 2.24) is 0 Å². The number of carbonyl (C=O) groups is 1. The zero-order valence-corrected chi connectivity index (χ0v) is 6.92. The summed E-state index contributed by atoms with van der Waals surface area (Å²) in [7, 11) is 0.237. The van der Waals surface area contributed by atoms with Gasteiger partial charge in [0.1, 0.15) is 6.23 Å². The Morgan fingerprint density at radius 2 is 2.50 bits per heavy atom. The van der Waals surface area contributed by atoms with Gasteiger partial charge in [-0.05, 0) is 6.92 Å². The minimum absolute atomic E-state index is 0.237. The highest BCUT2D eigenvalue weighted by Gasteiger charge is 1.94. The molecule has 3 nitrogen and oxygen atoms in total. The number of hydrogen-bond donors (Lipinski definition) is 0. The molecule has 0 aliphatic heterocycles. The Hall–Kier alpha value is -0.613. The first-order valence-corrected chi connectivity index (χ1v) is 4.06. The van der Waals surface area contributed by atoms with Crippen molar-refractivity contribution in [3.05, 3.63) is 12.7 Å². The highest BCUT2D eigenvalue weighted by atomic mass is 28.2. The number of ether oxygens (including phenoxy) is 1. The fourth-order valence-corrected chi connectivity index (χ4v) is 0.792. The molecule has 0 N–H and O–H groups in total. The van der Waals surface area contributed by atoms with E-state index in [1.54, 1.807) is 0 Å². The molecule has 0 atom stereocenters. The van der Waals surface area contributed by atoms with Gasteiger partial charge in [0.15, 0.2) is 0 Å². The summed E-state index contributed by atoms with van der Waals surface area (Å²) in [5, 5.41) is 0. The lowest BCUT2D eigenvalue weighted by molar-refractivity contribution is -0.136. The second kappa shape index (κ2) is 6.51. The van der Waals surface area contributed by atoms with Crippen LogP contribution in [-0.4, -0.2) is 28.6 Å². The van der Waals surface area contributed by atoms with Gasteiger partial charge >= 0.3 is 5.97 Å². The van der Waals surface area contributed by atoms with Crippen molar-refractivity contribution in [3.8, 4) is 0 Å². The number of carbonyl (C=O) groups excluding carboxylic acids is 1. The Morgan fingerprint density at radius 3 is 3.00 bits per heavy atom. The van der Waals surface area contributed by atoms with Crippen LogP contribution in [0.3, 0.4) is 0 Å². The van der Waals surface area contributed by atoms with Crippen molar-refractivity contribution in [3.63, 3.8) is 0 Å². The SMILES string of the molecule is C=CC(=O)OC[Si]OCC. The molecule has 10 heavy (non-hydrogen) atoms. The molecule has 0 saturated carbocycles. The Morgan fingerprint density at radius 1 is 1.80 bits per heavy atom. The third-order valence-corrected chi connectivity index (χ3v) is 1.44. The monoisotopic (exact) mass is 158 g/mol. The Kier molecular flexibility index (Phi) is 6.11. The van der Waals surface area contributed by atoms with E-state index in [-0.39, 0.29) is 9.76 Å². The summed E-state index contributed by atoms with van der Waals surface area (Å²) < 4.78 is 9.57. The van der Waals surface area contributed by atoms with Crippen LogP contribution in [0.25, 0.3) is 0 Å². The van der Waals surface area contributed by atoms with Crippen molar-refractivity contribution < 1.29 is 14.0 Å². The van der Waals surface area contributed by atoms with Gasteiger partial charge in [0, 0.05) is 12.7 Å². The van der Waals surface area contributed by atoms with Crippen LogP contribution < -0.4 is 0 Å². The maximum absolute atomic E-state index is 10.4. The molecule has 0 aromatic carbocycles. The quantitative estimate of drug-likeness (QED) is 0.250. The molecule has 0 fully saturated rings. The lowest BCUT2D eigenvalue weighted by Crippen LogP contribution is -2.11. The van der Waals surface area contributed by atoms with Crippen molar-refractivity contribution >= 4 is 15.7 Å². The van der Waals surface area contributed by atoms with Crippen LogP contribution in [-0.2, 0) is 14.0 Å². The van der Waals surface area contributed by atoms with E-state index in [2.05, 4.69) is 11.3 Å². The third-order valence-electron chi connectivity index (χ3n) is 0.686. The first-order chi connectivity index (χ1) is 4.81. The molecule has 56 valence electrons. The van der Waals surface area contributed by atoms with Gasteiger partial charge in [-0.25, -0.2) is 4.79 Å². The van der Waals surface area contributed by atoms with Crippen molar-refractivity contribution in [1.29, 1.82) is 0 Å². The van der Waals surface area contributed by atoms with Gasteiger partial charge in [-0.1, -0.05) is 6.58 Å². The number of hydrogen-bond acceptors (Lipinski definition) is 3. The average Bonchev–Trinajstić information content (AvgIpc) is 1.98. The van der Waals surface area contributed by atoms with Crippen LogP contribution >= 0.6 is 0 Å². The summed E-state index contributed by atoms with van der Waals surface area (Å²) in [6.45, 7) is 5.80. The Labute approximate surface area is 63.0 Å². The predicted octanol–water partition coefficient (Wildman–Crippen LogP) is 0.329. The van der Waals surface area contributed by atoms with Gasteiger partial charge in [-0.3, -0.25) is 0 Å². The molecule has 0 rings (SSSR count). The lowest BCUT2D eigenvalue weighted by Gasteiger charge is -1.98. The van der Waals surface area contributed by atoms with Crippen molar-refractivity contribution in [2.24, 2.45) is 0 Å². The van der Waals surface area contributed by atoms with E-state index in [4.69, 9.17) is 4.43 Å². The summed E-state index contributed by atoms with van der Waals surface area (Å²) in [5.74, 6) is -0.396. The minimum Gasteiger partial charge on any atom is -0.464 e. The second-order valence-electron chi connectivity index (χ2n) is 1.39. The maximum Gasteiger partial charge on any atom is 0.329 e. The first-order valence-electron chi connectivity index (χ1n) is 2.95. The zero-order valence-electron chi connectivity index (χ0n) is 5.92. The molecule has 0 bridgehead atoms. The van der Waals surface area contributed by atoms with E-state index in [1.807, 2.05) is 6.92 Å². The smallest absolute Gasteiger partial charge is 0.329 e. The van der Waals surface area contributed by atoms with Gasteiger partial charge in [0.25, 0.3) is 9.76 Å². The lowest BCUT2D eigenvalue weighted by atomic mass is 10.7. The van der Waals surface area contributed by atoms with Gasteiger partial charge in [0.05, 0.1) is 0 Å². The van der Waals surface area contributed by atoms with Crippen LogP contribution in [0, 0.1) is 0 Å². The molecule has 0 aliphatic carbocycles. The van der Waals surface area contributed by atoms with Gasteiger partial charge in [-0.2, -0.15) is 0 Å². The maximum atomic E-state index is 10.4. The van der Waals surface area contributed by atoms with Crippen LogP contribution in [0.4, 0.5) is 0 Å². The Balaban J connectivity index is 3.03. The summed E-state index contributed by atoms with van der Waals surface area (Å²) in [4.78, 5) is 10.4. The molecule has 0 unspecified atom stereocenters. The van der Waals surface area contributed by atoms with Gasteiger partial charge in [0.2, 0.25) is 0 Å². The van der Waals surface area contributed by atoms with Crippen LogP contribution in [0.5, 0.6) is 0 Å². The molecule has 0 aliphatic rings. The van der Waals surface area contributed by atoms with Crippen LogP contribution in [0.15, 0.2) is 12.7 Å². The molecule has 2 radical (unpaired) electrons. The second-order valence-corrected chi connectivity index (χ2v) is 2.26. The highest BCUT2D eigenvalue weighted by molar-refractivity contribution is 6.27. The van der Waals surface area contributed by atoms with Gasteiger partial charge in [-0.15, -0.1) is 0 Å². The normalized spacial score (nSPS) is 8.90. The predicted molar refractivity (Wildman–Crippen MR) is 38.5 cm³/mol. The highest BCUT2D eigenvalue weighted by Crippen LogP contribution is 1.77. The Bertz CT molecular complexity index is 114. The van der Waals surface area contributed by atoms with Crippen molar-refractivity contribution in [2.75, 3.05) is 12.8 Å². The molecule has 0 amide bonds. The summed E-state index contributed by atoms with van der Waals surface area (Å²) in [6.07, 6.45) is 1.47. The van der Waals surface area contributed by atoms with E-state index in [9.17, 15) is 4.79 Å². The molecular formula is C6H10O3Si. The minimum atomic E-state index is -0.396. The standard InChI is InChI=1S/C6H10O3Si/c1-3-6(7)8-5-10-9-4-2/h3H,1,4-5H2,2H3. The molecule has 0 heterocycles. The molecule has 0 aromatic heterocycles. The van der Waals surface area contributed by atoms with E-state index < -0.39 is 5.97 Å². The molecule has 4 heteroatoms. The number of esters is 1. The largest absolute Gasteiger partial charge is 0.464 e. The number of rotatable bonds is 5. The van der Waals surface area contributed by atoms with Gasteiger partial charge < -0.3 is 9.16 Å². The average molecular weight is 158 g/mol. The van der Waals surface area contributed by atoms with Crippen LogP contribution in [0.1, 0.15) is 6.92 Å². The molecular weight excluding hydrogens is 148 g/mol. The van der Waals surface area contributed by atoms with Crippen LogP contribution in [0.2, 0.25) is 0 Å². The van der Waals surface area contributed by atoms with E-state index in [0.717, 1.165) is 6.08 Å².